The fraction of sp³-hybridized carbons (Fsp3) is 0.154. The van der Waals surface area contributed by atoms with Crippen LogP contribution in [0.1, 0.15) is 9.67 Å². The van der Waals surface area contributed by atoms with Crippen molar-refractivity contribution < 1.29 is 4.79 Å². The Morgan fingerprint density at radius 2 is 1.91 bits per heavy atom. The molecule has 0 aliphatic carbocycles. The first-order valence-corrected chi connectivity index (χ1v) is 8.67. The van der Waals surface area contributed by atoms with Crippen molar-refractivity contribution >= 4 is 80.9 Å². The van der Waals surface area contributed by atoms with Crippen molar-refractivity contribution in [2.24, 2.45) is 0 Å². The number of hydrogen-bond acceptors (Lipinski definition) is 3. The first-order valence-electron chi connectivity index (χ1n) is 5.90. The van der Waals surface area contributed by atoms with Crippen LogP contribution >= 0.6 is 69.3 Å². The van der Waals surface area contributed by atoms with Crippen molar-refractivity contribution in [3.63, 3.8) is 0 Å². The van der Waals surface area contributed by atoms with E-state index in [1.54, 1.807) is 35.7 Å². The average molecular weight is 419 g/mol. The summed E-state index contributed by atoms with van der Waals surface area (Å²) in [5, 5.41) is 8.12. The molecular formula is C13H9Cl5N2OS. The van der Waals surface area contributed by atoms with E-state index in [1.165, 1.54) is 11.3 Å². The Labute approximate surface area is 156 Å². The molecule has 0 saturated heterocycles. The SMILES string of the molecule is O=C(N[C@@H](Nc1cc(Cl)ccc1Cl)C(Cl)(Cl)Cl)c1cccs1. The van der Waals surface area contributed by atoms with Crippen LogP contribution in [0.3, 0.4) is 0 Å². The highest BCUT2D eigenvalue weighted by Crippen LogP contribution is 2.34. The lowest BCUT2D eigenvalue weighted by Gasteiger charge is -2.27. The smallest absolute Gasteiger partial charge is 0.263 e. The molecule has 118 valence electrons. The van der Waals surface area contributed by atoms with Gasteiger partial charge in [0.1, 0.15) is 6.17 Å². The number of carbonyl (C=O) groups is 1. The molecule has 0 spiro atoms. The van der Waals surface area contributed by atoms with E-state index >= 15 is 0 Å². The molecular weight excluding hydrogens is 409 g/mol. The second-order valence-electron chi connectivity index (χ2n) is 4.19. The number of benzene rings is 1. The van der Waals surface area contributed by atoms with Gasteiger partial charge in [0, 0.05) is 5.02 Å². The summed E-state index contributed by atoms with van der Waals surface area (Å²) in [6, 6.07) is 8.23. The van der Waals surface area contributed by atoms with Gasteiger partial charge in [0.15, 0.2) is 0 Å². The van der Waals surface area contributed by atoms with Crippen LogP contribution in [0.2, 0.25) is 10.0 Å². The average Bonchev–Trinajstić information content (AvgIpc) is 2.95. The van der Waals surface area contributed by atoms with E-state index in [4.69, 9.17) is 58.0 Å². The fourth-order valence-corrected chi connectivity index (χ4v) is 2.87. The van der Waals surface area contributed by atoms with Crippen LogP contribution in [0.5, 0.6) is 0 Å². The zero-order valence-electron chi connectivity index (χ0n) is 10.7. The fourth-order valence-electron chi connectivity index (χ4n) is 1.57. The molecule has 2 rings (SSSR count). The number of rotatable bonds is 4. The molecule has 1 atom stereocenters. The quantitative estimate of drug-likeness (QED) is 0.502. The molecule has 2 aromatic rings. The Kier molecular flexibility index (Phi) is 6.11. The maximum absolute atomic E-state index is 12.1. The van der Waals surface area contributed by atoms with Crippen LogP contribution in [0, 0.1) is 0 Å². The molecule has 0 aliphatic rings. The molecule has 0 radical (unpaired) electrons. The number of amides is 1. The van der Waals surface area contributed by atoms with E-state index < -0.39 is 9.96 Å². The van der Waals surface area contributed by atoms with Gasteiger partial charge >= 0.3 is 0 Å². The van der Waals surface area contributed by atoms with Crippen LogP contribution in [-0.4, -0.2) is 15.9 Å². The summed E-state index contributed by atoms with van der Waals surface area (Å²) >= 11 is 31.0. The highest BCUT2D eigenvalue weighted by atomic mass is 35.6. The predicted octanol–water partition coefficient (Wildman–Crippen LogP) is 5.59. The van der Waals surface area contributed by atoms with Crippen molar-refractivity contribution in [1.82, 2.24) is 5.32 Å². The molecule has 0 bridgehead atoms. The number of hydrogen-bond donors (Lipinski definition) is 2. The Morgan fingerprint density at radius 1 is 1.18 bits per heavy atom. The second kappa shape index (κ2) is 7.47. The minimum atomic E-state index is -1.79. The van der Waals surface area contributed by atoms with Crippen LogP contribution < -0.4 is 10.6 Å². The first kappa shape index (κ1) is 18.0. The molecule has 0 saturated carbocycles. The van der Waals surface area contributed by atoms with Gasteiger partial charge in [-0.15, -0.1) is 11.3 Å². The zero-order valence-corrected chi connectivity index (χ0v) is 15.3. The van der Waals surface area contributed by atoms with Crippen molar-refractivity contribution in [1.29, 1.82) is 0 Å². The second-order valence-corrected chi connectivity index (χ2v) is 8.35. The van der Waals surface area contributed by atoms with Crippen LogP contribution in [0.15, 0.2) is 35.7 Å². The molecule has 1 heterocycles. The van der Waals surface area contributed by atoms with Gasteiger partial charge in [0.25, 0.3) is 5.91 Å². The maximum Gasteiger partial charge on any atom is 0.263 e. The molecule has 0 unspecified atom stereocenters. The van der Waals surface area contributed by atoms with E-state index in [1.807, 2.05) is 0 Å². The van der Waals surface area contributed by atoms with Crippen molar-refractivity contribution in [3.8, 4) is 0 Å². The zero-order chi connectivity index (χ0) is 16.3. The van der Waals surface area contributed by atoms with Gasteiger partial charge in [-0.25, -0.2) is 0 Å². The third kappa shape index (κ3) is 4.82. The normalized spacial score (nSPS) is 12.8. The summed E-state index contributed by atoms with van der Waals surface area (Å²) < 4.78 is -1.79. The lowest BCUT2D eigenvalue weighted by atomic mass is 10.3. The van der Waals surface area contributed by atoms with Gasteiger partial charge < -0.3 is 10.6 Å². The van der Waals surface area contributed by atoms with Crippen LogP contribution in [0.25, 0.3) is 0 Å². The van der Waals surface area contributed by atoms with Crippen LogP contribution in [0.4, 0.5) is 5.69 Å². The standard InChI is InChI=1S/C13H9Cl5N2OS/c14-7-3-4-8(15)9(6-7)19-12(13(16,17)18)20-11(21)10-2-1-5-22-10/h1-6,12,19H,(H,20,21)/t12-/m1/s1. The number of alkyl halides is 3. The van der Waals surface area contributed by atoms with Gasteiger partial charge in [-0.2, -0.15) is 0 Å². The van der Waals surface area contributed by atoms with Crippen molar-refractivity contribution in [3.05, 3.63) is 50.6 Å². The monoisotopic (exact) mass is 416 g/mol. The van der Waals surface area contributed by atoms with Gasteiger partial charge in [-0.3, -0.25) is 4.79 Å². The van der Waals surface area contributed by atoms with E-state index in [-0.39, 0.29) is 5.91 Å². The van der Waals surface area contributed by atoms with Crippen molar-refractivity contribution in [2.75, 3.05) is 5.32 Å². The summed E-state index contributed by atoms with van der Waals surface area (Å²) in [6.45, 7) is 0. The molecule has 2 N–H and O–H groups in total. The Hall–Kier alpha value is -0.360. The number of carbonyl (C=O) groups excluding carboxylic acids is 1. The van der Waals surface area contributed by atoms with E-state index in [2.05, 4.69) is 10.6 Å². The van der Waals surface area contributed by atoms with E-state index in [0.29, 0.717) is 20.6 Å². The van der Waals surface area contributed by atoms with Gasteiger partial charge in [-0.1, -0.05) is 64.1 Å². The Morgan fingerprint density at radius 3 is 2.50 bits per heavy atom. The summed E-state index contributed by atoms with van der Waals surface area (Å²) in [7, 11) is 0. The molecule has 0 aliphatic heterocycles. The molecule has 3 nitrogen and oxygen atoms in total. The van der Waals surface area contributed by atoms with E-state index in [0.717, 1.165) is 0 Å². The van der Waals surface area contributed by atoms with Crippen molar-refractivity contribution in [2.45, 2.75) is 9.96 Å². The highest BCUT2D eigenvalue weighted by Gasteiger charge is 2.34. The minimum absolute atomic E-state index is 0.364. The number of anilines is 1. The van der Waals surface area contributed by atoms with Crippen LogP contribution in [-0.2, 0) is 0 Å². The summed E-state index contributed by atoms with van der Waals surface area (Å²) in [4.78, 5) is 12.6. The number of thiophene rings is 1. The summed E-state index contributed by atoms with van der Waals surface area (Å²) in [5.74, 6) is -0.364. The topological polar surface area (TPSA) is 41.1 Å². The summed E-state index contributed by atoms with van der Waals surface area (Å²) in [6.07, 6.45) is -0.997. The van der Waals surface area contributed by atoms with Gasteiger partial charge in [-0.05, 0) is 29.6 Å². The maximum atomic E-state index is 12.1. The summed E-state index contributed by atoms with van der Waals surface area (Å²) in [5.41, 5.74) is 0.442. The lowest BCUT2D eigenvalue weighted by molar-refractivity contribution is 0.0946. The van der Waals surface area contributed by atoms with E-state index in [9.17, 15) is 4.79 Å². The highest BCUT2D eigenvalue weighted by molar-refractivity contribution is 7.12. The number of halogens is 5. The molecule has 1 amide bonds. The third-order valence-electron chi connectivity index (χ3n) is 2.58. The first-order chi connectivity index (χ1) is 10.3. The van der Waals surface area contributed by atoms with Gasteiger partial charge in [0.05, 0.1) is 15.6 Å². The van der Waals surface area contributed by atoms with Gasteiger partial charge in [0.2, 0.25) is 3.79 Å². The lowest BCUT2D eigenvalue weighted by Crippen LogP contribution is -2.49. The largest absolute Gasteiger partial charge is 0.361 e. The molecule has 0 fully saturated rings. The Balaban J connectivity index is 2.20. The Bertz CT molecular complexity index is 657. The third-order valence-corrected chi connectivity index (χ3v) is 4.66. The molecule has 22 heavy (non-hydrogen) atoms. The molecule has 1 aromatic heterocycles. The molecule has 1 aromatic carbocycles. The number of nitrogens with one attached hydrogen (secondary N) is 2. The minimum Gasteiger partial charge on any atom is -0.361 e. The predicted molar refractivity (Wildman–Crippen MR) is 95.9 cm³/mol. The molecule has 9 heteroatoms.